The van der Waals surface area contributed by atoms with Crippen LogP contribution in [0.3, 0.4) is 0 Å². The molecule has 0 aliphatic carbocycles. The Morgan fingerprint density at radius 2 is 1.76 bits per heavy atom. The normalized spacial score (nSPS) is 12.2. The van der Waals surface area contributed by atoms with E-state index >= 15 is 0 Å². The SMILES string of the molecule is CCCCNC(=O)C(C)N(Cc1ccccc1F)C(=O)CN(c1ccccc1Br)S(C)(=O)=O. The van der Waals surface area contributed by atoms with Crippen molar-refractivity contribution in [2.45, 2.75) is 39.3 Å². The van der Waals surface area contributed by atoms with Crippen molar-refractivity contribution in [3.63, 3.8) is 0 Å². The zero-order chi connectivity index (χ0) is 24.6. The van der Waals surface area contributed by atoms with Gasteiger partial charge in [-0.1, -0.05) is 43.7 Å². The van der Waals surface area contributed by atoms with Gasteiger partial charge in [-0.3, -0.25) is 13.9 Å². The second-order valence-electron chi connectivity index (χ2n) is 7.65. The van der Waals surface area contributed by atoms with E-state index in [-0.39, 0.29) is 18.0 Å². The van der Waals surface area contributed by atoms with E-state index in [1.807, 2.05) is 6.92 Å². The summed E-state index contributed by atoms with van der Waals surface area (Å²) in [6, 6.07) is 11.6. The van der Waals surface area contributed by atoms with Crippen LogP contribution in [-0.2, 0) is 26.2 Å². The Morgan fingerprint density at radius 1 is 1.12 bits per heavy atom. The molecule has 33 heavy (non-hydrogen) atoms. The van der Waals surface area contributed by atoms with Crippen LogP contribution in [0.4, 0.5) is 10.1 Å². The summed E-state index contributed by atoms with van der Waals surface area (Å²) in [5.41, 5.74) is 0.519. The van der Waals surface area contributed by atoms with Gasteiger partial charge in [0.25, 0.3) is 0 Å². The molecule has 0 aliphatic rings. The lowest BCUT2D eigenvalue weighted by Crippen LogP contribution is -2.51. The number of carbonyl (C=O) groups excluding carboxylic acids is 2. The molecule has 0 spiro atoms. The van der Waals surface area contributed by atoms with Crippen LogP contribution >= 0.6 is 15.9 Å². The summed E-state index contributed by atoms with van der Waals surface area (Å²) in [5, 5.41) is 2.78. The highest BCUT2D eigenvalue weighted by Gasteiger charge is 2.31. The van der Waals surface area contributed by atoms with Gasteiger partial charge in [-0.25, -0.2) is 12.8 Å². The average Bonchev–Trinajstić information content (AvgIpc) is 2.76. The molecule has 1 N–H and O–H groups in total. The van der Waals surface area contributed by atoms with E-state index in [0.717, 1.165) is 23.4 Å². The molecule has 0 aromatic heterocycles. The first-order chi connectivity index (χ1) is 15.6. The second-order valence-corrected chi connectivity index (χ2v) is 10.4. The molecule has 0 saturated carbocycles. The Kier molecular flexibility index (Phi) is 9.85. The van der Waals surface area contributed by atoms with E-state index in [9.17, 15) is 22.4 Å². The number of anilines is 1. The minimum absolute atomic E-state index is 0.179. The number of nitrogens with zero attached hydrogens (tertiary/aromatic N) is 2. The number of sulfonamides is 1. The van der Waals surface area contributed by atoms with Crippen molar-refractivity contribution >= 4 is 43.5 Å². The van der Waals surface area contributed by atoms with Gasteiger partial charge in [0.05, 0.1) is 11.9 Å². The van der Waals surface area contributed by atoms with Gasteiger partial charge in [0, 0.05) is 23.1 Å². The topological polar surface area (TPSA) is 86.8 Å². The van der Waals surface area contributed by atoms with Gasteiger partial charge in [-0.15, -0.1) is 0 Å². The van der Waals surface area contributed by atoms with E-state index in [4.69, 9.17) is 0 Å². The first kappa shape index (κ1) is 26.8. The third-order valence-electron chi connectivity index (χ3n) is 5.10. The molecular formula is C23H29BrFN3O4S. The van der Waals surface area contributed by atoms with E-state index < -0.39 is 34.3 Å². The summed E-state index contributed by atoms with van der Waals surface area (Å²) < 4.78 is 40.9. The molecule has 7 nitrogen and oxygen atoms in total. The smallest absolute Gasteiger partial charge is 0.244 e. The molecule has 0 aliphatic heterocycles. The summed E-state index contributed by atoms with van der Waals surface area (Å²) in [4.78, 5) is 27.3. The minimum atomic E-state index is -3.83. The van der Waals surface area contributed by atoms with Crippen LogP contribution in [0.5, 0.6) is 0 Å². The zero-order valence-electron chi connectivity index (χ0n) is 18.9. The predicted molar refractivity (Wildman–Crippen MR) is 131 cm³/mol. The quantitative estimate of drug-likeness (QED) is 0.439. The van der Waals surface area contributed by atoms with Gasteiger partial charge in [0.2, 0.25) is 21.8 Å². The fraction of sp³-hybridized carbons (Fsp3) is 0.391. The average molecular weight is 542 g/mol. The lowest BCUT2D eigenvalue weighted by Gasteiger charge is -2.31. The van der Waals surface area contributed by atoms with Crippen molar-refractivity contribution in [2.24, 2.45) is 0 Å². The van der Waals surface area contributed by atoms with Gasteiger partial charge >= 0.3 is 0 Å². The molecule has 1 unspecified atom stereocenters. The maximum Gasteiger partial charge on any atom is 0.244 e. The van der Waals surface area contributed by atoms with E-state index in [2.05, 4.69) is 21.2 Å². The highest BCUT2D eigenvalue weighted by atomic mass is 79.9. The second kappa shape index (κ2) is 12.1. The lowest BCUT2D eigenvalue weighted by atomic mass is 10.1. The number of unbranched alkanes of at least 4 members (excludes halogenated alkanes) is 1. The first-order valence-corrected chi connectivity index (χ1v) is 13.2. The van der Waals surface area contributed by atoms with Gasteiger partial charge < -0.3 is 10.2 Å². The van der Waals surface area contributed by atoms with Crippen molar-refractivity contribution < 1.29 is 22.4 Å². The summed E-state index contributed by atoms with van der Waals surface area (Å²) >= 11 is 3.32. The largest absolute Gasteiger partial charge is 0.354 e. The van der Waals surface area contributed by atoms with E-state index in [1.54, 1.807) is 37.3 Å². The van der Waals surface area contributed by atoms with Gasteiger partial charge in [0.1, 0.15) is 18.4 Å². The Morgan fingerprint density at radius 3 is 2.36 bits per heavy atom. The molecule has 0 saturated heterocycles. The van der Waals surface area contributed by atoms with Crippen LogP contribution < -0.4 is 9.62 Å². The number of amides is 2. The van der Waals surface area contributed by atoms with E-state index in [1.165, 1.54) is 23.1 Å². The molecule has 0 heterocycles. The van der Waals surface area contributed by atoms with Crippen molar-refractivity contribution in [2.75, 3.05) is 23.7 Å². The third kappa shape index (κ3) is 7.53. The highest BCUT2D eigenvalue weighted by molar-refractivity contribution is 9.10. The highest BCUT2D eigenvalue weighted by Crippen LogP contribution is 2.28. The molecule has 2 rings (SSSR count). The molecular weight excluding hydrogens is 513 g/mol. The van der Waals surface area contributed by atoms with Crippen LogP contribution in [0.2, 0.25) is 0 Å². The van der Waals surface area contributed by atoms with Crippen molar-refractivity contribution in [1.82, 2.24) is 10.2 Å². The molecule has 10 heteroatoms. The van der Waals surface area contributed by atoms with Crippen molar-refractivity contribution in [3.05, 3.63) is 64.4 Å². The number of benzene rings is 2. The van der Waals surface area contributed by atoms with E-state index in [0.29, 0.717) is 16.7 Å². The molecule has 2 aromatic carbocycles. The van der Waals surface area contributed by atoms with Crippen molar-refractivity contribution in [1.29, 1.82) is 0 Å². The first-order valence-electron chi connectivity index (χ1n) is 10.6. The molecule has 1 atom stereocenters. The summed E-state index contributed by atoms with van der Waals surface area (Å²) in [5.74, 6) is -1.53. The molecule has 0 fully saturated rings. The fourth-order valence-electron chi connectivity index (χ4n) is 3.18. The molecule has 2 aromatic rings. The lowest BCUT2D eigenvalue weighted by molar-refractivity contribution is -0.139. The van der Waals surface area contributed by atoms with Crippen LogP contribution in [-0.4, -0.2) is 50.5 Å². The van der Waals surface area contributed by atoms with Gasteiger partial charge in [-0.2, -0.15) is 0 Å². The van der Waals surface area contributed by atoms with Crippen LogP contribution in [0.1, 0.15) is 32.3 Å². The number of hydrogen-bond acceptors (Lipinski definition) is 4. The maximum atomic E-state index is 14.3. The summed E-state index contributed by atoms with van der Waals surface area (Å²) in [6.07, 6.45) is 2.67. The number of halogens is 2. The summed E-state index contributed by atoms with van der Waals surface area (Å²) in [7, 11) is -3.83. The van der Waals surface area contributed by atoms with Crippen LogP contribution in [0.15, 0.2) is 53.0 Å². The fourth-order valence-corrected chi connectivity index (χ4v) is 4.66. The summed E-state index contributed by atoms with van der Waals surface area (Å²) in [6.45, 7) is 3.27. The standard InChI is InChI=1S/C23H29BrFN3O4S/c1-4-5-14-26-23(30)17(2)27(15-18-10-6-8-12-20(18)25)22(29)16-28(33(3,31)32)21-13-9-7-11-19(21)24/h6-13,17H,4-5,14-16H2,1-3H3,(H,26,30). The third-order valence-corrected chi connectivity index (χ3v) is 6.89. The van der Waals surface area contributed by atoms with Gasteiger partial charge in [-0.05, 0) is 47.5 Å². The Balaban J connectivity index is 2.37. The molecule has 0 radical (unpaired) electrons. The Hall–Kier alpha value is -2.46. The molecule has 0 bridgehead atoms. The molecule has 180 valence electrons. The Labute approximate surface area is 203 Å². The number of para-hydroxylation sites is 1. The van der Waals surface area contributed by atoms with Gasteiger partial charge in [0.15, 0.2) is 0 Å². The van der Waals surface area contributed by atoms with Crippen molar-refractivity contribution in [3.8, 4) is 0 Å². The predicted octanol–water partition coefficient (Wildman–Crippen LogP) is 3.69. The number of nitrogens with one attached hydrogen (secondary N) is 1. The maximum absolute atomic E-state index is 14.3. The monoisotopic (exact) mass is 541 g/mol. The zero-order valence-corrected chi connectivity index (χ0v) is 21.3. The minimum Gasteiger partial charge on any atom is -0.354 e. The Bertz CT molecular complexity index is 1080. The number of carbonyl (C=O) groups is 2. The van der Waals surface area contributed by atoms with Crippen LogP contribution in [0.25, 0.3) is 0 Å². The number of hydrogen-bond donors (Lipinski definition) is 1. The molecule has 2 amide bonds. The van der Waals surface area contributed by atoms with Crippen LogP contribution in [0, 0.1) is 5.82 Å². The number of rotatable bonds is 11.